The van der Waals surface area contributed by atoms with Crippen molar-refractivity contribution in [3.8, 4) is 28.7 Å². The average Bonchev–Trinajstić information content (AvgIpc) is 3.13. The molecule has 7 heteroatoms. The Balaban J connectivity index is 1.61. The lowest BCUT2D eigenvalue weighted by Crippen LogP contribution is -2.01. The predicted octanol–water partition coefficient (Wildman–Crippen LogP) is 5.87. The summed E-state index contributed by atoms with van der Waals surface area (Å²) in [7, 11) is 4.64. The quantitative estimate of drug-likeness (QED) is 0.406. The van der Waals surface area contributed by atoms with Crippen molar-refractivity contribution in [3.05, 3.63) is 81.6 Å². The first-order chi connectivity index (χ1) is 15.9. The molecule has 3 aromatic carbocycles. The number of allylic oxidation sites excluding steroid dienone is 1. The molecular weight excluding hydrogens is 444 g/mol. The maximum absolute atomic E-state index is 13.1. The van der Waals surface area contributed by atoms with Crippen molar-refractivity contribution in [3.63, 3.8) is 0 Å². The van der Waals surface area contributed by atoms with Crippen LogP contribution >= 0.6 is 11.6 Å². The Morgan fingerprint density at radius 3 is 2.24 bits per heavy atom. The third kappa shape index (κ3) is 4.61. The first-order valence-electron chi connectivity index (χ1n) is 10.2. The summed E-state index contributed by atoms with van der Waals surface area (Å²) < 4.78 is 28.0. The van der Waals surface area contributed by atoms with Crippen LogP contribution in [0.2, 0.25) is 5.02 Å². The van der Waals surface area contributed by atoms with E-state index in [0.29, 0.717) is 51.5 Å². The molecule has 0 fully saturated rings. The molecule has 0 N–H and O–H groups in total. The van der Waals surface area contributed by atoms with Gasteiger partial charge in [-0.1, -0.05) is 23.7 Å². The number of ketones is 1. The van der Waals surface area contributed by atoms with Gasteiger partial charge in [0.15, 0.2) is 17.3 Å². The highest BCUT2D eigenvalue weighted by Crippen LogP contribution is 2.40. The summed E-state index contributed by atoms with van der Waals surface area (Å²) >= 11 is 5.93. The lowest BCUT2D eigenvalue weighted by Gasteiger charge is -2.12. The first-order valence-corrected chi connectivity index (χ1v) is 10.6. The van der Waals surface area contributed by atoms with Crippen LogP contribution in [0, 0.1) is 6.92 Å². The van der Waals surface area contributed by atoms with E-state index >= 15 is 0 Å². The van der Waals surface area contributed by atoms with E-state index in [2.05, 4.69) is 0 Å². The van der Waals surface area contributed by atoms with E-state index in [1.54, 1.807) is 45.6 Å². The molecule has 170 valence electrons. The fraction of sp³-hybridized carbons (Fsp3) is 0.192. The van der Waals surface area contributed by atoms with Gasteiger partial charge in [-0.05, 0) is 48.4 Å². The Bertz CT molecular complexity index is 1230. The second kappa shape index (κ2) is 9.46. The number of hydrogen-bond acceptors (Lipinski definition) is 6. The zero-order valence-corrected chi connectivity index (χ0v) is 19.5. The van der Waals surface area contributed by atoms with Gasteiger partial charge in [0.25, 0.3) is 0 Å². The number of aryl methyl sites for hydroxylation is 1. The van der Waals surface area contributed by atoms with E-state index in [-0.39, 0.29) is 11.5 Å². The smallest absolute Gasteiger partial charge is 0.232 e. The molecule has 6 nitrogen and oxygen atoms in total. The third-order valence-corrected chi connectivity index (χ3v) is 5.54. The molecule has 0 bridgehead atoms. The largest absolute Gasteiger partial charge is 0.496 e. The molecule has 0 spiro atoms. The number of methoxy groups -OCH3 is 3. The number of ether oxygens (including phenoxy) is 5. The molecule has 0 unspecified atom stereocenters. The van der Waals surface area contributed by atoms with Gasteiger partial charge < -0.3 is 23.7 Å². The minimum Gasteiger partial charge on any atom is -0.496 e. The predicted molar refractivity (Wildman–Crippen MR) is 126 cm³/mol. The maximum atomic E-state index is 13.1. The fourth-order valence-electron chi connectivity index (χ4n) is 3.61. The zero-order valence-electron chi connectivity index (χ0n) is 18.7. The van der Waals surface area contributed by atoms with Gasteiger partial charge in [0, 0.05) is 22.7 Å². The van der Waals surface area contributed by atoms with Crippen molar-refractivity contribution in [2.45, 2.75) is 13.5 Å². The highest BCUT2D eigenvalue weighted by atomic mass is 35.5. The van der Waals surface area contributed by atoms with Crippen LogP contribution in [0.3, 0.4) is 0 Å². The van der Waals surface area contributed by atoms with Crippen LogP contribution in [0.5, 0.6) is 28.7 Å². The summed E-state index contributed by atoms with van der Waals surface area (Å²) in [5.41, 5.74) is 2.89. The number of fused-ring (bicyclic) bond motifs is 1. The van der Waals surface area contributed by atoms with Gasteiger partial charge in [-0.2, -0.15) is 0 Å². The summed E-state index contributed by atoms with van der Waals surface area (Å²) in [6.45, 7) is 2.23. The molecule has 3 aromatic rings. The minimum atomic E-state index is -0.205. The van der Waals surface area contributed by atoms with Gasteiger partial charge in [-0.3, -0.25) is 4.79 Å². The Labute approximate surface area is 197 Å². The maximum Gasteiger partial charge on any atom is 0.232 e. The SMILES string of the molecule is COc1cc(OC)c(OC)cc1/C=C1\Oc2cc(OCc3ccc(Cl)cc3)cc(C)c2C1=O. The topological polar surface area (TPSA) is 63.2 Å². The normalized spacial score (nSPS) is 13.5. The molecule has 0 amide bonds. The summed E-state index contributed by atoms with van der Waals surface area (Å²) in [4.78, 5) is 13.1. The lowest BCUT2D eigenvalue weighted by atomic mass is 10.0. The Kier molecular flexibility index (Phi) is 6.47. The second-order valence-corrected chi connectivity index (χ2v) is 7.85. The van der Waals surface area contributed by atoms with Crippen molar-refractivity contribution in [2.24, 2.45) is 0 Å². The molecule has 0 saturated carbocycles. The van der Waals surface area contributed by atoms with Gasteiger partial charge in [-0.15, -0.1) is 0 Å². The van der Waals surface area contributed by atoms with Gasteiger partial charge >= 0.3 is 0 Å². The zero-order chi connectivity index (χ0) is 23.5. The van der Waals surface area contributed by atoms with Gasteiger partial charge in [-0.25, -0.2) is 0 Å². The molecule has 33 heavy (non-hydrogen) atoms. The van der Waals surface area contributed by atoms with Gasteiger partial charge in [0.05, 0.1) is 26.9 Å². The van der Waals surface area contributed by atoms with Crippen LogP contribution in [-0.4, -0.2) is 27.1 Å². The highest BCUT2D eigenvalue weighted by molar-refractivity contribution is 6.30. The molecule has 0 aliphatic carbocycles. The summed E-state index contributed by atoms with van der Waals surface area (Å²) in [5, 5.41) is 0.671. The van der Waals surface area contributed by atoms with Crippen molar-refractivity contribution >= 4 is 23.5 Å². The van der Waals surface area contributed by atoms with E-state index in [1.807, 2.05) is 37.3 Å². The van der Waals surface area contributed by atoms with Crippen LogP contribution in [0.4, 0.5) is 0 Å². The number of Topliss-reactive ketones (excluding diaryl/α,β-unsaturated/α-hetero) is 1. The van der Waals surface area contributed by atoms with Gasteiger partial charge in [0.1, 0.15) is 23.9 Å². The molecule has 0 saturated heterocycles. The number of hydrogen-bond donors (Lipinski definition) is 0. The molecule has 1 heterocycles. The summed E-state index contributed by atoms with van der Waals surface area (Å²) in [6.07, 6.45) is 1.64. The third-order valence-electron chi connectivity index (χ3n) is 5.28. The van der Waals surface area contributed by atoms with Crippen LogP contribution in [0.15, 0.2) is 54.3 Å². The molecular formula is C26H23ClO6. The number of carbonyl (C=O) groups is 1. The fourth-order valence-corrected chi connectivity index (χ4v) is 3.74. The second-order valence-electron chi connectivity index (χ2n) is 7.42. The highest BCUT2D eigenvalue weighted by Gasteiger charge is 2.30. The van der Waals surface area contributed by atoms with Crippen LogP contribution in [-0.2, 0) is 6.61 Å². The molecule has 4 rings (SSSR count). The monoisotopic (exact) mass is 466 g/mol. The number of carbonyl (C=O) groups excluding carboxylic acids is 1. The van der Waals surface area contributed by atoms with Crippen LogP contribution in [0.25, 0.3) is 6.08 Å². The van der Waals surface area contributed by atoms with E-state index in [9.17, 15) is 4.79 Å². The molecule has 0 atom stereocenters. The van der Waals surface area contributed by atoms with Crippen molar-refractivity contribution < 1.29 is 28.5 Å². The lowest BCUT2D eigenvalue weighted by molar-refractivity contribution is 0.101. The van der Waals surface area contributed by atoms with E-state index in [0.717, 1.165) is 11.1 Å². The first kappa shape index (κ1) is 22.6. The Morgan fingerprint density at radius 1 is 0.909 bits per heavy atom. The van der Waals surface area contributed by atoms with Crippen molar-refractivity contribution in [1.82, 2.24) is 0 Å². The number of benzene rings is 3. The Morgan fingerprint density at radius 2 is 1.58 bits per heavy atom. The molecule has 0 radical (unpaired) electrons. The van der Waals surface area contributed by atoms with E-state index < -0.39 is 0 Å². The minimum absolute atomic E-state index is 0.188. The van der Waals surface area contributed by atoms with Crippen molar-refractivity contribution in [2.75, 3.05) is 21.3 Å². The number of rotatable bonds is 7. The Hall–Kier alpha value is -3.64. The summed E-state index contributed by atoms with van der Waals surface area (Å²) in [5.74, 6) is 2.61. The molecule has 0 aromatic heterocycles. The van der Waals surface area contributed by atoms with E-state index in [4.69, 9.17) is 35.3 Å². The van der Waals surface area contributed by atoms with Crippen LogP contribution in [0.1, 0.15) is 27.0 Å². The van der Waals surface area contributed by atoms with Gasteiger partial charge in [0.2, 0.25) is 5.78 Å². The number of halogens is 1. The van der Waals surface area contributed by atoms with E-state index in [1.165, 1.54) is 0 Å². The average molecular weight is 467 g/mol. The van der Waals surface area contributed by atoms with Crippen molar-refractivity contribution in [1.29, 1.82) is 0 Å². The molecule has 1 aliphatic rings. The summed E-state index contributed by atoms with van der Waals surface area (Å²) in [6, 6.07) is 14.4. The van der Waals surface area contributed by atoms with Crippen LogP contribution < -0.4 is 23.7 Å². The standard InChI is InChI=1S/C26H23ClO6/c1-15-9-19(32-14-16-5-7-18(27)8-6-16)12-23-25(15)26(28)24(33-23)11-17-10-21(30-3)22(31-4)13-20(17)29-2/h5-13H,14H2,1-4H3/b24-11-. The molecule has 1 aliphatic heterocycles.